The van der Waals surface area contributed by atoms with Crippen molar-refractivity contribution in [1.82, 2.24) is 10.1 Å². The first-order valence-corrected chi connectivity index (χ1v) is 7.01. The van der Waals surface area contributed by atoms with Crippen molar-refractivity contribution in [3.05, 3.63) is 17.0 Å². The van der Waals surface area contributed by atoms with E-state index in [1.165, 1.54) is 0 Å². The van der Waals surface area contributed by atoms with Crippen molar-refractivity contribution in [2.75, 3.05) is 13.1 Å². The molecule has 0 aromatic carbocycles. The molecule has 1 aromatic heterocycles. The fourth-order valence-electron chi connectivity index (χ4n) is 3.01. The minimum absolute atomic E-state index is 0.193. The minimum atomic E-state index is -0.852. The monoisotopic (exact) mass is 278 g/mol. The van der Waals surface area contributed by atoms with E-state index >= 15 is 0 Å². The average molecular weight is 278 g/mol. The molecular formula is C14H18N2O4. The summed E-state index contributed by atoms with van der Waals surface area (Å²) in [5, 5.41) is 13.1. The summed E-state index contributed by atoms with van der Waals surface area (Å²) in [5.74, 6) is -0.225. The molecule has 0 bridgehead atoms. The summed E-state index contributed by atoms with van der Waals surface area (Å²) in [5.41, 5.74) is 0.457. The Kier molecular flexibility index (Phi) is 3.03. The first-order chi connectivity index (χ1) is 9.51. The number of fused-ring (bicyclic) bond motifs is 1. The molecular weight excluding hydrogens is 260 g/mol. The minimum Gasteiger partial charge on any atom is -0.481 e. The number of likely N-dealkylation sites (tertiary alicyclic amines) is 1. The van der Waals surface area contributed by atoms with Crippen molar-refractivity contribution < 1.29 is 19.2 Å². The number of carbonyl (C=O) groups excluding carboxylic acids is 1. The number of hydrogen-bond donors (Lipinski definition) is 1. The van der Waals surface area contributed by atoms with Gasteiger partial charge >= 0.3 is 5.97 Å². The quantitative estimate of drug-likeness (QED) is 0.886. The highest BCUT2D eigenvalue weighted by Gasteiger charge is 2.43. The van der Waals surface area contributed by atoms with Crippen LogP contribution in [0.25, 0.3) is 0 Å². The van der Waals surface area contributed by atoms with Crippen molar-refractivity contribution in [2.45, 2.75) is 39.0 Å². The molecule has 6 nitrogen and oxygen atoms in total. The Hall–Kier alpha value is -1.85. The number of hydrogen-bond acceptors (Lipinski definition) is 4. The molecule has 0 spiro atoms. The van der Waals surface area contributed by atoms with E-state index < -0.39 is 11.4 Å². The maximum absolute atomic E-state index is 12.5. The molecule has 1 aliphatic heterocycles. The molecule has 1 aromatic rings. The van der Waals surface area contributed by atoms with E-state index in [1.54, 1.807) is 11.8 Å². The number of rotatable bonds is 2. The Balaban J connectivity index is 1.81. The van der Waals surface area contributed by atoms with Crippen molar-refractivity contribution in [1.29, 1.82) is 0 Å². The lowest BCUT2D eigenvalue weighted by Crippen LogP contribution is -2.35. The first-order valence-electron chi connectivity index (χ1n) is 7.01. The molecule has 1 fully saturated rings. The van der Waals surface area contributed by atoms with Crippen LogP contribution in [0.5, 0.6) is 0 Å². The normalized spacial score (nSPS) is 25.6. The fourth-order valence-corrected chi connectivity index (χ4v) is 3.01. The van der Waals surface area contributed by atoms with Crippen LogP contribution in [0.2, 0.25) is 0 Å². The van der Waals surface area contributed by atoms with Crippen LogP contribution in [-0.4, -0.2) is 40.1 Å². The van der Waals surface area contributed by atoms with Gasteiger partial charge in [-0.1, -0.05) is 5.16 Å². The molecule has 1 amide bonds. The van der Waals surface area contributed by atoms with Crippen LogP contribution >= 0.6 is 0 Å². The molecule has 20 heavy (non-hydrogen) atoms. The lowest BCUT2D eigenvalue weighted by Gasteiger charge is -2.20. The van der Waals surface area contributed by atoms with Gasteiger partial charge in [-0.2, -0.15) is 0 Å². The van der Waals surface area contributed by atoms with E-state index in [0.717, 1.165) is 37.0 Å². The van der Waals surface area contributed by atoms with Crippen LogP contribution in [-0.2, 0) is 17.6 Å². The van der Waals surface area contributed by atoms with Crippen LogP contribution in [0.1, 0.15) is 48.0 Å². The van der Waals surface area contributed by atoms with Crippen LogP contribution in [0, 0.1) is 5.41 Å². The van der Waals surface area contributed by atoms with Gasteiger partial charge in [-0.15, -0.1) is 0 Å². The maximum atomic E-state index is 12.5. The molecule has 2 heterocycles. The van der Waals surface area contributed by atoms with Gasteiger partial charge in [0.15, 0.2) is 5.69 Å². The number of nitrogens with zero attached hydrogens (tertiary/aromatic N) is 2. The fraction of sp³-hybridized carbons (Fsp3) is 0.643. The summed E-state index contributed by atoms with van der Waals surface area (Å²) in [6, 6.07) is 0. The number of aryl methyl sites for hydroxylation is 1. The largest absolute Gasteiger partial charge is 0.481 e. The summed E-state index contributed by atoms with van der Waals surface area (Å²) in [4.78, 5) is 25.3. The molecule has 0 saturated carbocycles. The molecule has 108 valence electrons. The van der Waals surface area contributed by atoms with Gasteiger partial charge in [0.2, 0.25) is 0 Å². The zero-order valence-corrected chi connectivity index (χ0v) is 11.5. The van der Waals surface area contributed by atoms with Gasteiger partial charge in [0.25, 0.3) is 5.91 Å². The van der Waals surface area contributed by atoms with Crippen LogP contribution in [0.4, 0.5) is 0 Å². The van der Waals surface area contributed by atoms with E-state index in [9.17, 15) is 14.7 Å². The number of amides is 1. The Morgan fingerprint density at radius 2 is 2.10 bits per heavy atom. The first kappa shape index (κ1) is 13.1. The van der Waals surface area contributed by atoms with E-state index in [1.807, 2.05) is 0 Å². The summed E-state index contributed by atoms with van der Waals surface area (Å²) in [6.07, 6.45) is 4.25. The molecule has 6 heteroatoms. The molecule has 1 N–H and O–H groups in total. The second-order valence-corrected chi connectivity index (χ2v) is 5.98. The number of carboxylic acid groups (broad SMARTS) is 1. The van der Waals surface area contributed by atoms with Crippen LogP contribution in [0.15, 0.2) is 4.52 Å². The molecule has 1 aliphatic carbocycles. The summed E-state index contributed by atoms with van der Waals surface area (Å²) in [6.45, 7) is 2.38. The smallest absolute Gasteiger partial charge is 0.311 e. The van der Waals surface area contributed by atoms with Gasteiger partial charge in [0.05, 0.1) is 5.41 Å². The van der Waals surface area contributed by atoms with Crippen LogP contribution in [0.3, 0.4) is 0 Å². The third kappa shape index (κ3) is 1.99. The van der Waals surface area contributed by atoms with Gasteiger partial charge < -0.3 is 14.5 Å². The molecule has 2 aliphatic rings. The molecule has 0 radical (unpaired) electrons. The Bertz CT molecular complexity index is 566. The summed E-state index contributed by atoms with van der Waals surface area (Å²) >= 11 is 0. The van der Waals surface area contributed by atoms with Crippen molar-refractivity contribution in [3.8, 4) is 0 Å². The van der Waals surface area contributed by atoms with Crippen molar-refractivity contribution in [3.63, 3.8) is 0 Å². The summed E-state index contributed by atoms with van der Waals surface area (Å²) in [7, 11) is 0. The molecule has 3 rings (SSSR count). The van der Waals surface area contributed by atoms with E-state index in [4.69, 9.17) is 4.52 Å². The Labute approximate surface area is 116 Å². The van der Waals surface area contributed by atoms with E-state index in [-0.39, 0.29) is 12.5 Å². The standard InChI is InChI=1S/C14H18N2O4/c1-14(13(18)19)6-7-16(8-14)12(17)11-9-4-2-3-5-10(9)20-15-11/h2-8H2,1H3,(H,18,19). The number of carboxylic acids is 1. The third-order valence-corrected chi connectivity index (χ3v) is 4.43. The van der Waals surface area contributed by atoms with Gasteiger partial charge in [0.1, 0.15) is 5.76 Å². The zero-order valence-electron chi connectivity index (χ0n) is 11.5. The number of carbonyl (C=O) groups is 2. The zero-order chi connectivity index (χ0) is 14.3. The van der Waals surface area contributed by atoms with Gasteiger partial charge in [-0.3, -0.25) is 9.59 Å². The van der Waals surface area contributed by atoms with Crippen molar-refractivity contribution in [2.24, 2.45) is 5.41 Å². The lowest BCUT2D eigenvalue weighted by molar-refractivity contribution is -0.147. The predicted octanol–water partition coefficient (Wildman–Crippen LogP) is 1.49. The van der Waals surface area contributed by atoms with E-state index in [0.29, 0.717) is 18.7 Å². The maximum Gasteiger partial charge on any atom is 0.311 e. The second kappa shape index (κ2) is 4.61. The lowest BCUT2D eigenvalue weighted by atomic mass is 9.90. The number of aromatic nitrogens is 1. The Morgan fingerprint density at radius 3 is 2.80 bits per heavy atom. The highest BCUT2D eigenvalue weighted by atomic mass is 16.5. The third-order valence-electron chi connectivity index (χ3n) is 4.43. The number of aliphatic carboxylic acids is 1. The topological polar surface area (TPSA) is 83.6 Å². The van der Waals surface area contributed by atoms with Gasteiger partial charge in [0, 0.05) is 25.1 Å². The highest BCUT2D eigenvalue weighted by Crippen LogP contribution is 2.32. The highest BCUT2D eigenvalue weighted by molar-refractivity contribution is 5.94. The van der Waals surface area contributed by atoms with Crippen molar-refractivity contribution >= 4 is 11.9 Å². The van der Waals surface area contributed by atoms with Gasteiger partial charge in [-0.05, 0) is 32.6 Å². The molecule has 1 unspecified atom stereocenters. The van der Waals surface area contributed by atoms with E-state index in [2.05, 4.69) is 5.16 Å². The van der Waals surface area contributed by atoms with Crippen LogP contribution < -0.4 is 0 Å². The SMILES string of the molecule is CC1(C(=O)O)CCN(C(=O)c2noc3c2CCCC3)C1. The molecule has 1 saturated heterocycles. The second-order valence-electron chi connectivity index (χ2n) is 5.98. The molecule has 1 atom stereocenters. The predicted molar refractivity (Wildman–Crippen MR) is 69.4 cm³/mol. The van der Waals surface area contributed by atoms with Gasteiger partial charge in [-0.25, -0.2) is 0 Å². The summed E-state index contributed by atoms with van der Waals surface area (Å²) < 4.78 is 5.25. The Morgan fingerprint density at radius 1 is 1.35 bits per heavy atom. The average Bonchev–Trinajstić information content (AvgIpc) is 3.03.